The number of carbonyl (C=O) groups is 1. The number of ether oxygens (including phenoxy) is 2. The Morgan fingerprint density at radius 1 is 1.04 bits per heavy atom. The topological polar surface area (TPSA) is 53.4 Å². The molecule has 1 aromatic heterocycles. The number of rotatable bonds is 6. The number of aromatic nitrogens is 2. The molecule has 0 N–H and O–H groups in total. The van der Waals surface area contributed by atoms with E-state index in [1.165, 1.54) is 4.68 Å². The quantitative estimate of drug-likeness (QED) is 0.637. The van der Waals surface area contributed by atoms with Crippen molar-refractivity contribution in [3.8, 4) is 5.75 Å². The van der Waals surface area contributed by atoms with Gasteiger partial charge in [-0.1, -0.05) is 41.9 Å². The number of nitrogens with zero attached hydrogens (tertiary/aromatic N) is 2. The molecule has 3 rings (SSSR count). The van der Waals surface area contributed by atoms with Crippen LogP contribution in [0.15, 0.2) is 66.9 Å². The molecule has 0 fully saturated rings. The van der Waals surface area contributed by atoms with Crippen LogP contribution in [-0.2, 0) is 18.1 Å². The van der Waals surface area contributed by atoms with Gasteiger partial charge < -0.3 is 9.47 Å². The molecule has 0 spiro atoms. The summed E-state index contributed by atoms with van der Waals surface area (Å²) in [6.45, 7) is 0.387. The van der Waals surface area contributed by atoms with E-state index in [1.54, 1.807) is 24.4 Å². The van der Waals surface area contributed by atoms with E-state index in [0.29, 0.717) is 5.02 Å². The number of carbonyl (C=O) groups excluding carboxylic acids is 1. The monoisotopic (exact) mass is 342 g/mol. The molecule has 24 heavy (non-hydrogen) atoms. The first-order valence-electron chi connectivity index (χ1n) is 7.33. The summed E-state index contributed by atoms with van der Waals surface area (Å²) in [5.74, 6) is 0.253. The Morgan fingerprint density at radius 2 is 1.79 bits per heavy atom. The van der Waals surface area contributed by atoms with Crippen LogP contribution in [0.5, 0.6) is 5.75 Å². The van der Waals surface area contributed by atoms with Gasteiger partial charge in [0, 0.05) is 11.2 Å². The van der Waals surface area contributed by atoms with Gasteiger partial charge in [-0.05, 0) is 35.9 Å². The zero-order valence-corrected chi connectivity index (χ0v) is 13.5. The van der Waals surface area contributed by atoms with E-state index in [4.69, 9.17) is 21.1 Å². The standard InChI is InChI=1S/C18H15ClN2O3/c19-15-8-6-14(7-9-15)12-23-18(22)17-10-11-21(20-17)13-24-16-4-2-1-3-5-16/h1-11H,12-13H2. The predicted octanol–water partition coefficient (Wildman–Crippen LogP) is 3.93. The van der Waals surface area contributed by atoms with Gasteiger partial charge in [0.15, 0.2) is 12.4 Å². The van der Waals surface area contributed by atoms with Crippen LogP contribution in [-0.4, -0.2) is 15.7 Å². The molecule has 0 saturated heterocycles. The first kappa shape index (κ1) is 16.1. The summed E-state index contributed by atoms with van der Waals surface area (Å²) >= 11 is 5.81. The molecule has 122 valence electrons. The lowest BCUT2D eigenvalue weighted by Gasteiger charge is -2.05. The number of hydrogen-bond donors (Lipinski definition) is 0. The van der Waals surface area contributed by atoms with Crippen LogP contribution in [0.4, 0.5) is 0 Å². The van der Waals surface area contributed by atoms with Crippen LogP contribution in [0, 0.1) is 0 Å². The minimum Gasteiger partial charge on any atom is -0.471 e. The molecule has 0 atom stereocenters. The van der Waals surface area contributed by atoms with Gasteiger partial charge >= 0.3 is 5.97 Å². The van der Waals surface area contributed by atoms with Gasteiger partial charge in [-0.2, -0.15) is 5.10 Å². The average molecular weight is 343 g/mol. The zero-order chi connectivity index (χ0) is 16.8. The molecule has 0 aliphatic heterocycles. The largest absolute Gasteiger partial charge is 0.471 e. The second-order valence-electron chi connectivity index (χ2n) is 5.03. The Labute approximate surface area is 144 Å². The summed E-state index contributed by atoms with van der Waals surface area (Å²) in [6, 6.07) is 18.1. The van der Waals surface area contributed by atoms with E-state index in [1.807, 2.05) is 42.5 Å². The summed E-state index contributed by atoms with van der Waals surface area (Å²) in [4.78, 5) is 12.0. The van der Waals surface area contributed by atoms with Gasteiger partial charge in [0.1, 0.15) is 12.4 Å². The van der Waals surface area contributed by atoms with E-state index in [2.05, 4.69) is 5.10 Å². The SMILES string of the molecule is O=C(OCc1ccc(Cl)cc1)c1ccn(COc2ccccc2)n1. The fourth-order valence-electron chi connectivity index (χ4n) is 2.00. The maximum Gasteiger partial charge on any atom is 0.359 e. The van der Waals surface area contributed by atoms with Gasteiger partial charge in [0.25, 0.3) is 0 Å². The fraction of sp³-hybridized carbons (Fsp3) is 0.111. The lowest BCUT2D eigenvalue weighted by Crippen LogP contribution is -2.10. The Morgan fingerprint density at radius 3 is 2.54 bits per heavy atom. The van der Waals surface area contributed by atoms with Crippen LogP contribution < -0.4 is 4.74 Å². The molecule has 0 aliphatic carbocycles. The summed E-state index contributed by atoms with van der Waals surface area (Å²) in [5.41, 5.74) is 1.10. The van der Waals surface area contributed by atoms with Crippen molar-refractivity contribution in [2.45, 2.75) is 13.3 Å². The first-order chi connectivity index (χ1) is 11.7. The maximum atomic E-state index is 12.0. The fourth-order valence-corrected chi connectivity index (χ4v) is 2.13. The molecule has 1 heterocycles. The molecule has 0 amide bonds. The van der Waals surface area contributed by atoms with Gasteiger partial charge in [-0.15, -0.1) is 0 Å². The number of hydrogen-bond acceptors (Lipinski definition) is 4. The Kier molecular flexibility index (Phi) is 5.13. The number of halogens is 1. The van der Waals surface area contributed by atoms with Crippen molar-refractivity contribution in [2.75, 3.05) is 0 Å². The highest BCUT2D eigenvalue weighted by Gasteiger charge is 2.11. The molecule has 5 nitrogen and oxygen atoms in total. The molecule has 0 bridgehead atoms. The molecular formula is C18H15ClN2O3. The number of benzene rings is 2. The molecule has 2 aromatic carbocycles. The van der Waals surface area contributed by atoms with Crippen molar-refractivity contribution in [1.29, 1.82) is 0 Å². The van der Waals surface area contributed by atoms with Crippen molar-refractivity contribution in [3.63, 3.8) is 0 Å². The summed E-state index contributed by atoms with van der Waals surface area (Å²) in [7, 11) is 0. The Hall–Kier alpha value is -2.79. The highest BCUT2D eigenvalue weighted by atomic mass is 35.5. The maximum absolute atomic E-state index is 12.0. The highest BCUT2D eigenvalue weighted by Crippen LogP contribution is 2.12. The van der Waals surface area contributed by atoms with Crippen LogP contribution in [0.2, 0.25) is 5.02 Å². The second-order valence-corrected chi connectivity index (χ2v) is 5.47. The van der Waals surface area contributed by atoms with E-state index in [-0.39, 0.29) is 19.0 Å². The van der Waals surface area contributed by atoms with Crippen LogP contribution in [0.1, 0.15) is 16.1 Å². The van der Waals surface area contributed by atoms with E-state index < -0.39 is 5.97 Å². The smallest absolute Gasteiger partial charge is 0.359 e. The van der Waals surface area contributed by atoms with Gasteiger partial charge in [-0.3, -0.25) is 0 Å². The third kappa shape index (κ3) is 4.36. The molecule has 0 unspecified atom stereocenters. The zero-order valence-electron chi connectivity index (χ0n) is 12.8. The van der Waals surface area contributed by atoms with Crippen molar-refractivity contribution < 1.29 is 14.3 Å². The minimum atomic E-state index is -0.483. The van der Waals surface area contributed by atoms with Gasteiger partial charge in [-0.25, -0.2) is 9.48 Å². The van der Waals surface area contributed by atoms with Crippen molar-refractivity contribution in [1.82, 2.24) is 9.78 Å². The molecule has 0 aliphatic rings. The lowest BCUT2D eigenvalue weighted by atomic mass is 10.2. The van der Waals surface area contributed by atoms with Gasteiger partial charge in [0.05, 0.1) is 0 Å². The van der Waals surface area contributed by atoms with Crippen LogP contribution in [0.25, 0.3) is 0 Å². The Balaban J connectivity index is 1.52. The predicted molar refractivity (Wildman–Crippen MR) is 89.9 cm³/mol. The highest BCUT2D eigenvalue weighted by molar-refractivity contribution is 6.30. The summed E-state index contributed by atoms with van der Waals surface area (Å²) in [5, 5.41) is 4.79. The third-order valence-electron chi connectivity index (χ3n) is 3.24. The summed E-state index contributed by atoms with van der Waals surface area (Å²) < 4.78 is 12.3. The molecular weight excluding hydrogens is 328 g/mol. The first-order valence-corrected chi connectivity index (χ1v) is 7.71. The normalized spacial score (nSPS) is 10.4. The van der Waals surface area contributed by atoms with Crippen LogP contribution >= 0.6 is 11.6 Å². The van der Waals surface area contributed by atoms with Crippen molar-refractivity contribution in [2.24, 2.45) is 0 Å². The van der Waals surface area contributed by atoms with Crippen molar-refractivity contribution in [3.05, 3.63) is 83.1 Å². The number of esters is 1. The number of para-hydroxylation sites is 1. The molecule has 3 aromatic rings. The average Bonchev–Trinajstić information content (AvgIpc) is 3.09. The van der Waals surface area contributed by atoms with Gasteiger partial charge in [0.2, 0.25) is 0 Å². The van der Waals surface area contributed by atoms with E-state index in [9.17, 15) is 4.79 Å². The lowest BCUT2D eigenvalue weighted by molar-refractivity contribution is 0.0463. The third-order valence-corrected chi connectivity index (χ3v) is 3.49. The van der Waals surface area contributed by atoms with E-state index in [0.717, 1.165) is 11.3 Å². The molecule has 6 heteroatoms. The Bertz CT molecular complexity index is 801. The molecule has 0 saturated carbocycles. The van der Waals surface area contributed by atoms with E-state index >= 15 is 0 Å². The summed E-state index contributed by atoms with van der Waals surface area (Å²) in [6.07, 6.45) is 1.67. The van der Waals surface area contributed by atoms with Crippen molar-refractivity contribution >= 4 is 17.6 Å². The molecule has 0 radical (unpaired) electrons. The van der Waals surface area contributed by atoms with Crippen LogP contribution in [0.3, 0.4) is 0 Å². The minimum absolute atomic E-state index is 0.170. The second kappa shape index (κ2) is 7.66.